The number of hydrogen-bond acceptors (Lipinski definition) is 3. The van der Waals surface area contributed by atoms with Gasteiger partial charge in [0.15, 0.2) is 0 Å². The van der Waals surface area contributed by atoms with Crippen LogP contribution in [0, 0.1) is 5.82 Å². The predicted molar refractivity (Wildman–Crippen MR) is 80.3 cm³/mol. The molecular formula is C13H9Br2FN2O2. The first-order valence-electron chi connectivity index (χ1n) is 5.54. The second-order valence-electron chi connectivity index (χ2n) is 3.94. The Balaban J connectivity index is 2.18. The zero-order valence-electron chi connectivity index (χ0n) is 10.0. The molecule has 20 heavy (non-hydrogen) atoms. The maximum absolute atomic E-state index is 13.6. The molecule has 2 N–H and O–H groups in total. The van der Waals surface area contributed by atoms with E-state index < -0.39 is 11.8 Å². The van der Waals surface area contributed by atoms with Crippen LogP contribution < -0.4 is 5.32 Å². The Morgan fingerprint density at radius 3 is 2.75 bits per heavy atom. The number of hydrogen-bond donors (Lipinski definition) is 2. The molecule has 0 atom stereocenters. The van der Waals surface area contributed by atoms with Gasteiger partial charge in [0.25, 0.3) is 0 Å². The molecule has 0 saturated carbocycles. The van der Waals surface area contributed by atoms with E-state index in [1.807, 2.05) is 6.07 Å². The van der Waals surface area contributed by atoms with Crippen LogP contribution in [0.25, 0.3) is 0 Å². The number of carboxylic acids is 1. The van der Waals surface area contributed by atoms with Crippen molar-refractivity contribution in [3.05, 3.63) is 56.5 Å². The van der Waals surface area contributed by atoms with E-state index in [-0.39, 0.29) is 17.8 Å². The molecule has 0 aliphatic rings. The molecule has 0 bridgehead atoms. The van der Waals surface area contributed by atoms with Gasteiger partial charge in [0, 0.05) is 15.1 Å². The first kappa shape index (κ1) is 14.9. The molecule has 0 amide bonds. The van der Waals surface area contributed by atoms with Gasteiger partial charge in [-0.3, -0.25) is 4.98 Å². The first-order chi connectivity index (χ1) is 9.47. The Hall–Kier alpha value is -1.47. The number of anilines is 1. The minimum absolute atomic E-state index is 0.0248. The van der Waals surface area contributed by atoms with Gasteiger partial charge in [-0.1, -0.05) is 0 Å². The van der Waals surface area contributed by atoms with Gasteiger partial charge in [0.05, 0.1) is 23.5 Å². The van der Waals surface area contributed by atoms with E-state index in [4.69, 9.17) is 5.11 Å². The Kier molecular flexibility index (Phi) is 4.72. The Labute approximate surface area is 131 Å². The summed E-state index contributed by atoms with van der Waals surface area (Å²) in [7, 11) is 0. The van der Waals surface area contributed by atoms with Crippen molar-refractivity contribution < 1.29 is 14.3 Å². The zero-order valence-corrected chi connectivity index (χ0v) is 13.2. The van der Waals surface area contributed by atoms with Crippen LogP contribution in [-0.2, 0) is 6.54 Å². The van der Waals surface area contributed by atoms with Crippen LogP contribution in [0.3, 0.4) is 0 Å². The summed E-state index contributed by atoms with van der Waals surface area (Å²) >= 11 is 6.65. The third-order valence-corrected chi connectivity index (χ3v) is 3.66. The van der Waals surface area contributed by atoms with Crippen molar-refractivity contribution in [3.8, 4) is 0 Å². The average molecular weight is 404 g/mol. The van der Waals surface area contributed by atoms with Gasteiger partial charge in [-0.2, -0.15) is 0 Å². The lowest BCUT2D eigenvalue weighted by atomic mass is 10.2. The lowest BCUT2D eigenvalue weighted by Gasteiger charge is -2.09. The molecule has 0 radical (unpaired) electrons. The van der Waals surface area contributed by atoms with Crippen LogP contribution >= 0.6 is 31.9 Å². The number of nitrogens with one attached hydrogen (secondary N) is 1. The summed E-state index contributed by atoms with van der Waals surface area (Å²) in [5.41, 5.74) is 0.839. The maximum atomic E-state index is 13.6. The molecule has 0 aliphatic carbocycles. The summed E-state index contributed by atoms with van der Waals surface area (Å²) in [5.74, 6) is -1.61. The normalized spacial score (nSPS) is 10.3. The van der Waals surface area contributed by atoms with E-state index in [2.05, 4.69) is 42.2 Å². The second-order valence-corrected chi connectivity index (χ2v) is 5.71. The largest absolute Gasteiger partial charge is 0.478 e. The lowest BCUT2D eigenvalue weighted by molar-refractivity contribution is 0.0697. The third kappa shape index (κ3) is 3.55. The van der Waals surface area contributed by atoms with Crippen LogP contribution in [0.2, 0.25) is 0 Å². The van der Waals surface area contributed by atoms with Gasteiger partial charge >= 0.3 is 5.97 Å². The van der Waals surface area contributed by atoms with E-state index >= 15 is 0 Å². The second kappa shape index (κ2) is 6.32. The molecule has 0 fully saturated rings. The smallest absolute Gasteiger partial charge is 0.335 e. The number of carbonyl (C=O) groups is 1. The van der Waals surface area contributed by atoms with Gasteiger partial charge in [0.1, 0.15) is 5.82 Å². The number of carboxylic acid groups (broad SMARTS) is 1. The molecular weight excluding hydrogens is 395 g/mol. The Morgan fingerprint density at radius 2 is 2.10 bits per heavy atom. The van der Waals surface area contributed by atoms with Crippen LogP contribution in [0.15, 0.2) is 39.4 Å². The van der Waals surface area contributed by atoms with E-state index in [0.29, 0.717) is 5.69 Å². The number of halogens is 3. The summed E-state index contributed by atoms with van der Waals surface area (Å²) in [6.07, 6.45) is 1.63. The molecule has 4 nitrogen and oxygen atoms in total. The van der Waals surface area contributed by atoms with E-state index in [9.17, 15) is 9.18 Å². The number of nitrogens with zero attached hydrogens (tertiary/aromatic N) is 1. The van der Waals surface area contributed by atoms with Gasteiger partial charge in [-0.05, 0) is 56.1 Å². The molecule has 0 saturated heterocycles. The fourth-order valence-corrected chi connectivity index (χ4v) is 2.67. The molecule has 1 aromatic carbocycles. The summed E-state index contributed by atoms with van der Waals surface area (Å²) < 4.78 is 15.2. The molecule has 0 unspecified atom stereocenters. The number of pyridine rings is 1. The molecule has 1 heterocycles. The minimum Gasteiger partial charge on any atom is -0.478 e. The molecule has 7 heteroatoms. The number of aromatic carboxylic acids is 1. The molecule has 2 aromatic rings. The lowest BCUT2D eigenvalue weighted by Crippen LogP contribution is -2.06. The fourth-order valence-electron chi connectivity index (χ4n) is 1.55. The van der Waals surface area contributed by atoms with Crippen molar-refractivity contribution in [1.82, 2.24) is 4.98 Å². The van der Waals surface area contributed by atoms with Crippen molar-refractivity contribution in [3.63, 3.8) is 0 Å². The molecule has 1 aromatic heterocycles. The maximum Gasteiger partial charge on any atom is 0.335 e. The van der Waals surface area contributed by atoms with Gasteiger partial charge in [0.2, 0.25) is 0 Å². The van der Waals surface area contributed by atoms with Crippen LogP contribution in [0.5, 0.6) is 0 Å². The quantitative estimate of drug-likeness (QED) is 0.808. The third-order valence-electron chi connectivity index (χ3n) is 2.54. The highest BCUT2D eigenvalue weighted by Gasteiger charge is 2.09. The van der Waals surface area contributed by atoms with Crippen LogP contribution in [0.4, 0.5) is 10.1 Å². The van der Waals surface area contributed by atoms with E-state index in [0.717, 1.165) is 15.0 Å². The minimum atomic E-state index is -1.10. The van der Waals surface area contributed by atoms with Crippen molar-refractivity contribution in [1.29, 1.82) is 0 Å². The van der Waals surface area contributed by atoms with Crippen molar-refractivity contribution in [2.75, 3.05) is 5.32 Å². The van der Waals surface area contributed by atoms with Crippen molar-refractivity contribution in [2.24, 2.45) is 0 Å². The van der Waals surface area contributed by atoms with Gasteiger partial charge in [-0.15, -0.1) is 0 Å². The molecule has 104 valence electrons. The Bertz CT molecular complexity index is 665. The Morgan fingerprint density at radius 1 is 1.35 bits per heavy atom. The molecule has 0 spiro atoms. The van der Waals surface area contributed by atoms with Gasteiger partial charge in [-0.25, -0.2) is 9.18 Å². The summed E-state index contributed by atoms with van der Waals surface area (Å²) in [6, 6.07) is 5.42. The van der Waals surface area contributed by atoms with Gasteiger partial charge < -0.3 is 10.4 Å². The van der Waals surface area contributed by atoms with E-state index in [1.165, 1.54) is 12.1 Å². The number of aromatic nitrogens is 1. The van der Waals surface area contributed by atoms with Crippen LogP contribution in [-0.4, -0.2) is 16.1 Å². The molecule has 0 aliphatic heterocycles. The number of rotatable bonds is 4. The topological polar surface area (TPSA) is 62.2 Å². The summed E-state index contributed by atoms with van der Waals surface area (Å²) in [4.78, 5) is 15.0. The van der Waals surface area contributed by atoms with Crippen molar-refractivity contribution >= 4 is 43.5 Å². The van der Waals surface area contributed by atoms with Crippen LogP contribution in [0.1, 0.15) is 16.1 Å². The fraction of sp³-hybridized carbons (Fsp3) is 0.0769. The average Bonchev–Trinajstić information content (AvgIpc) is 2.39. The SMILES string of the molecule is O=C(O)c1ccc(F)c(NCc2ncc(Br)cc2Br)c1. The summed E-state index contributed by atoms with van der Waals surface area (Å²) in [6.45, 7) is 0.272. The highest BCUT2D eigenvalue weighted by Crippen LogP contribution is 2.22. The van der Waals surface area contributed by atoms with E-state index in [1.54, 1.807) is 6.20 Å². The molecule has 2 rings (SSSR count). The standard InChI is InChI=1S/C13H9Br2FN2O2/c14-8-4-9(15)12(17-5-8)6-18-11-3-7(13(19)20)1-2-10(11)16/h1-5,18H,6H2,(H,19,20). The summed E-state index contributed by atoms with van der Waals surface area (Å²) in [5, 5.41) is 11.7. The first-order valence-corrected chi connectivity index (χ1v) is 7.12. The zero-order chi connectivity index (χ0) is 14.7. The van der Waals surface area contributed by atoms with Crippen molar-refractivity contribution in [2.45, 2.75) is 6.54 Å². The number of benzene rings is 1. The monoisotopic (exact) mass is 402 g/mol. The highest BCUT2D eigenvalue weighted by atomic mass is 79.9. The predicted octanol–water partition coefficient (Wildman–Crippen LogP) is 4.06. The highest BCUT2D eigenvalue weighted by molar-refractivity contribution is 9.11.